The first-order valence-corrected chi connectivity index (χ1v) is 15.7. The van der Waals surface area contributed by atoms with E-state index in [0.717, 1.165) is 23.3 Å². The second kappa shape index (κ2) is 17.2. The average Bonchev–Trinajstić information content (AvgIpc) is 3.43. The number of ether oxygens (including phenoxy) is 1. The molecule has 1 saturated heterocycles. The highest BCUT2D eigenvalue weighted by Crippen LogP contribution is 2.25. The molecule has 0 saturated carbocycles. The Hall–Kier alpha value is -3.33. The van der Waals surface area contributed by atoms with Gasteiger partial charge in [0, 0.05) is 25.6 Å². The number of methoxy groups -OCH3 is 1. The third-order valence-electron chi connectivity index (χ3n) is 7.71. The lowest BCUT2D eigenvalue weighted by Crippen LogP contribution is -2.58. The summed E-state index contributed by atoms with van der Waals surface area (Å²) in [4.78, 5) is 61.5. The molecule has 1 fully saturated rings. The molecule has 1 aromatic carbocycles. The van der Waals surface area contributed by atoms with Crippen LogP contribution in [0, 0.1) is 5.92 Å². The number of fused-ring (bicyclic) bond motifs is 1. The number of hydrogen-bond donors (Lipinski definition) is 4. The number of alkyl halides is 3. The van der Waals surface area contributed by atoms with Crippen LogP contribution >= 0.6 is 11.8 Å². The van der Waals surface area contributed by atoms with E-state index in [2.05, 4.69) is 40.8 Å². The van der Waals surface area contributed by atoms with Crippen molar-refractivity contribution in [2.24, 2.45) is 5.92 Å². The summed E-state index contributed by atoms with van der Waals surface area (Å²) in [6.07, 6.45) is -0.432. The third kappa shape index (κ3) is 11.0. The number of benzene rings is 1. The molecule has 11 nitrogen and oxygen atoms in total. The minimum absolute atomic E-state index is 0.105. The quantitative estimate of drug-likeness (QED) is 0.251. The number of amides is 3. The highest BCUT2D eigenvalue weighted by atomic mass is 32.2. The second-order valence-electron chi connectivity index (χ2n) is 10.7. The highest BCUT2D eigenvalue weighted by molar-refractivity contribution is 7.98. The number of esters is 1. The number of halogens is 3. The smallest absolute Gasteiger partial charge is 0.475 e. The van der Waals surface area contributed by atoms with E-state index in [0.29, 0.717) is 38.8 Å². The number of aliphatic carboxylic acids is 1. The lowest BCUT2D eigenvalue weighted by molar-refractivity contribution is -0.192. The summed E-state index contributed by atoms with van der Waals surface area (Å²) < 4.78 is 36.7. The first-order chi connectivity index (χ1) is 20.7. The van der Waals surface area contributed by atoms with Gasteiger partial charge < -0.3 is 25.8 Å². The van der Waals surface area contributed by atoms with Crippen molar-refractivity contribution in [1.82, 2.24) is 20.9 Å². The van der Waals surface area contributed by atoms with Gasteiger partial charge in [0.1, 0.15) is 12.1 Å². The normalized spacial score (nSPS) is 20.1. The van der Waals surface area contributed by atoms with E-state index in [1.54, 1.807) is 11.8 Å². The van der Waals surface area contributed by atoms with Gasteiger partial charge in [-0.05, 0) is 48.3 Å². The first kappa shape index (κ1) is 36.9. The minimum Gasteiger partial charge on any atom is -0.475 e. The van der Waals surface area contributed by atoms with Crippen LogP contribution in [-0.4, -0.2) is 95.7 Å². The number of carboxylic acid groups (broad SMARTS) is 1. The number of carboxylic acids is 1. The molecular weight excluding hydrogens is 605 g/mol. The summed E-state index contributed by atoms with van der Waals surface area (Å²) in [6.45, 7) is 5.19. The largest absolute Gasteiger partial charge is 0.490 e. The van der Waals surface area contributed by atoms with Crippen LogP contribution in [0.15, 0.2) is 24.3 Å². The maximum absolute atomic E-state index is 13.6. The van der Waals surface area contributed by atoms with Crippen LogP contribution in [0.3, 0.4) is 0 Å². The van der Waals surface area contributed by atoms with E-state index in [-0.39, 0.29) is 29.7 Å². The average molecular weight is 647 g/mol. The number of hydrogen-bond acceptors (Lipinski definition) is 8. The molecular formula is C29H41F3N4O7S. The van der Waals surface area contributed by atoms with E-state index in [9.17, 15) is 32.3 Å². The van der Waals surface area contributed by atoms with Gasteiger partial charge in [0.25, 0.3) is 0 Å². The fourth-order valence-electron chi connectivity index (χ4n) is 4.92. The summed E-state index contributed by atoms with van der Waals surface area (Å²) in [6, 6.07) is 6.14. The van der Waals surface area contributed by atoms with Gasteiger partial charge in [-0.25, -0.2) is 9.59 Å². The maximum Gasteiger partial charge on any atom is 0.490 e. The Morgan fingerprint density at radius 1 is 1.16 bits per heavy atom. The van der Waals surface area contributed by atoms with Crippen molar-refractivity contribution >= 4 is 41.4 Å². The molecule has 1 unspecified atom stereocenters. The molecule has 0 radical (unpaired) electrons. The van der Waals surface area contributed by atoms with Crippen LogP contribution in [0.2, 0.25) is 0 Å². The second-order valence-corrected chi connectivity index (χ2v) is 11.7. The molecule has 44 heavy (non-hydrogen) atoms. The van der Waals surface area contributed by atoms with Gasteiger partial charge in [0.15, 0.2) is 0 Å². The van der Waals surface area contributed by atoms with Crippen LogP contribution in [-0.2, 0) is 41.7 Å². The number of carbonyl (C=O) groups excluding carboxylic acids is 4. The molecule has 2 heterocycles. The van der Waals surface area contributed by atoms with Crippen LogP contribution < -0.4 is 16.0 Å². The molecule has 15 heteroatoms. The number of nitrogens with zero attached hydrogens (tertiary/aromatic N) is 1. The maximum atomic E-state index is 13.6. The van der Waals surface area contributed by atoms with E-state index in [1.165, 1.54) is 7.11 Å². The first-order valence-electron chi connectivity index (χ1n) is 14.3. The molecule has 3 amide bonds. The summed E-state index contributed by atoms with van der Waals surface area (Å²) in [7, 11) is 1.33. The lowest BCUT2D eigenvalue weighted by Gasteiger charge is -2.40. The molecule has 2 aliphatic rings. The summed E-state index contributed by atoms with van der Waals surface area (Å²) >= 11 is 1.61. The van der Waals surface area contributed by atoms with Crippen LogP contribution in [0.5, 0.6) is 0 Å². The van der Waals surface area contributed by atoms with Gasteiger partial charge in [-0.15, -0.1) is 0 Å². The highest BCUT2D eigenvalue weighted by Gasteiger charge is 2.39. The summed E-state index contributed by atoms with van der Waals surface area (Å²) in [5.41, 5.74) is 2.26. The Balaban J connectivity index is 0.000000860. The van der Waals surface area contributed by atoms with Gasteiger partial charge in [-0.1, -0.05) is 44.5 Å². The monoisotopic (exact) mass is 646 g/mol. The fourth-order valence-corrected chi connectivity index (χ4v) is 5.39. The fraction of sp³-hybridized carbons (Fsp3) is 0.621. The zero-order chi connectivity index (χ0) is 33.0. The Morgan fingerprint density at radius 3 is 2.32 bits per heavy atom. The van der Waals surface area contributed by atoms with Crippen LogP contribution in [0.4, 0.5) is 13.2 Å². The molecule has 2 aliphatic heterocycles. The van der Waals surface area contributed by atoms with Crippen molar-refractivity contribution in [3.63, 3.8) is 0 Å². The van der Waals surface area contributed by atoms with Gasteiger partial charge >= 0.3 is 18.1 Å². The van der Waals surface area contributed by atoms with Gasteiger partial charge in [-0.2, -0.15) is 24.9 Å². The molecule has 0 bridgehead atoms. The topological polar surface area (TPSA) is 154 Å². The Bertz CT molecular complexity index is 1170. The van der Waals surface area contributed by atoms with E-state index in [4.69, 9.17) is 14.6 Å². The van der Waals surface area contributed by atoms with Crippen molar-refractivity contribution in [2.45, 2.75) is 82.8 Å². The number of thioether (sulfide) groups is 1. The zero-order valence-electron chi connectivity index (χ0n) is 25.2. The molecule has 4 N–H and O–H groups in total. The standard InChI is InChI=1S/C27H40N4O5S.C2HF3O2/c1-5-17(2)22(30-25(33)20-10-11-24(32)28-20)16-31-15-19-9-7-6-8-18(19)14-23(31)26(34)29-21(12-13-37-4)27(35)36-3;3-2(4,5)1(6)7/h6-9,17,20-23H,5,10-16H2,1-4H3,(H,28,32)(H,29,34)(H,30,33);(H,6,7)/t17-,20-,21?,22+,23-;/m0./s1. The molecule has 0 aliphatic carbocycles. The Morgan fingerprint density at radius 2 is 1.80 bits per heavy atom. The molecule has 3 rings (SSSR count). The van der Waals surface area contributed by atoms with Crippen molar-refractivity contribution in [3.05, 3.63) is 35.4 Å². The van der Waals surface area contributed by atoms with Crippen molar-refractivity contribution in [3.8, 4) is 0 Å². The lowest BCUT2D eigenvalue weighted by atomic mass is 9.91. The summed E-state index contributed by atoms with van der Waals surface area (Å²) in [5.74, 6) is -2.84. The van der Waals surface area contributed by atoms with E-state index in [1.807, 2.05) is 24.5 Å². The number of nitrogens with one attached hydrogen (secondary N) is 3. The Labute approximate surface area is 259 Å². The SMILES string of the molecule is CC[C@H](C)[C@@H](CN1Cc2ccccc2C[C@H]1C(=O)NC(CCSC)C(=O)OC)NC(=O)[C@@H]1CCC(=O)N1.O=C(O)C(F)(F)F. The molecule has 0 aromatic heterocycles. The van der Waals surface area contributed by atoms with Crippen LogP contribution in [0.1, 0.15) is 50.7 Å². The van der Waals surface area contributed by atoms with Crippen molar-refractivity contribution in [2.75, 3.05) is 25.7 Å². The minimum atomic E-state index is -5.08. The van der Waals surface area contributed by atoms with Crippen molar-refractivity contribution < 1.29 is 47.0 Å². The summed E-state index contributed by atoms with van der Waals surface area (Å²) in [5, 5.41) is 16.0. The third-order valence-corrected chi connectivity index (χ3v) is 8.35. The predicted octanol–water partition coefficient (Wildman–Crippen LogP) is 2.27. The predicted molar refractivity (Wildman–Crippen MR) is 158 cm³/mol. The van der Waals surface area contributed by atoms with E-state index < -0.39 is 36.2 Å². The van der Waals surface area contributed by atoms with Gasteiger partial charge in [0.05, 0.1) is 13.2 Å². The van der Waals surface area contributed by atoms with Gasteiger partial charge in [0.2, 0.25) is 17.7 Å². The molecule has 0 spiro atoms. The zero-order valence-corrected chi connectivity index (χ0v) is 26.1. The van der Waals surface area contributed by atoms with E-state index >= 15 is 0 Å². The Kier molecular flexibility index (Phi) is 14.4. The number of rotatable bonds is 12. The number of carbonyl (C=O) groups is 5. The van der Waals surface area contributed by atoms with Crippen LogP contribution in [0.25, 0.3) is 0 Å². The molecule has 5 atom stereocenters. The van der Waals surface area contributed by atoms with Crippen molar-refractivity contribution in [1.29, 1.82) is 0 Å². The van der Waals surface area contributed by atoms with Gasteiger partial charge in [-0.3, -0.25) is 19.3 Å². The molecule has 1 aromatic rings. The molecule has 246 valence electrons.